The number of benzene rings is 1. The lowest BCUT2D eigenvalue weighted by molar-refractivity contribution is -0.314. The number of carboxylic acid groups (broad SMARTS) is 1. The number of aliphatic carboxylic acids is 1. The molecule has 2 rings (SSSR count). The lowest BCUT2D eigenvalue weighted by atomic mass is 9.79. The molecule has 136 valence electrons. The van der Waals surface area contributed by atoms with Crippen LogP contribution in [0.1, 0.15) is 25.7 Å². The summed E-state index contributed by atoms with van der Waals surface area (Å²) in [5.41, 5.74) is 4.49. The lowest BCUT2D eigenvalue weighted by Gasteiger charge is -2.31. The first-order chi connectivity index (χ1) is 12.0. The highest BCUT2D eigenvalue weighted by molar-refractivity contribution is 5.87. The Morgan fingerprint density at radius 2 is 1.72 bits per heavy atom. The third-order valence-corrected chi connectivity index (χ3v) is 4.16. The highest BCUT2D eigenvalue weighted by Crippen LogP contribution is 2.29. The normalized spacial score (nSPS) is 19.6. The SMILES string of the molecule is COc1ccccc1OCC(=O)NNC(=O)[C@H]1CCCC[C@@H]1C(=O)[O-]. The molecule has 0 unspecified atom stereocenters. The molecule has 0 saturated heterocycles. The van der Waals surface area contributed by atoms with E-state index >= 15 is 0 Å². The second kappa shape index (κ2) is 8.91. The molecule has 25 heavy (non-hydrogen) atoms. The number of ether oxygens (including phenoxy) is 2. The first-order valence-corrected chi connectivity index (χ1v) is 8.08. The van der Waals surface area contributed by atoms with Crippen molar-refractivity contribution in [2.75, 3.05) is 13.7 Å². The Labute approximate surface area is 145 Å². The average molecular weight is 349 g/mol. The summed E-state index contributed by atoms with van der Waals surface area (Å²) < 4.78 is 10.4. The van der Waals surface area contributed by atoms with Gasteiger partial charge >= 0.3 is 0 Å². The van der Waals surface area contributed by atoms with Crippen molar-refractivity contribution in [2.24, 2.45) is 11.8 Å². The van der Waals surface area contributed by atoms with Crippen LogP contribution in [-0.2, 0) is 14.4 Å². The van der Waals surface area contributed by atoms with Gasteiger partial charge in [0.05, 0.1) is 7.11 Å². The van der Waals surface area contributed by atoms with Crippen LogP contribution in [0.15, 0.2) is 24.3 Å². The number of amides is 2. The van der Waals surface area contributed by atoms with E-state index < -0.39 is 29.6 Å². The summed E-state index contributed by atoms with van der Waals surface area (Å²) in [6.45, 7) is -0.324. The van der Waals surface area contributed by atoms with Gasteiger partial charge in [0, 0.05) is 17.8 Å². The van der Waals surface area contributed by atoms with Crippen molar-refractivity contribution < 1.29 is 29.0 Å². The number of nitrogens with one attached hydrogen (secondary N) is 2. The van der Waals surface area contributed by atoms with Crippen LogP contribution in [-0.4, -0.2) is 31.5 Å². The number of hydrogen-bond donors (Lipinski definition) is 2. The number of hydrazine groups is 1. The standard InChI is InChI=1S/C17H22N2O6/c1-24-13-8-4-5-9-14(13)25-10-15(20)18-19-16(21)11-6-2-3-7-12(11)17(22)23/h4-5,8-9,11-12H,2-3,6-7,10H2,1H3,(H,18,20)(H,19,21)(H,22,23)/p-1/t11-,12-/m0/s1. The molecule has 0 spiro atoms. The Morgan fingerprint density at radius 1 is 1.08 bits per heavy atom. The Kier molecular flexibility index (Phi) is 6.62. The minimum absolute atomic E-state index is 0.324. The van der Waals surface area contributed by atoms with E-state index in [0.29, 0.717) is 24.3 Å². The van der Waals surface area contributed by atoms with Crippen molar-refractivity contribution in [3.63, 3.8) is 0 Å². The van der Waals surface area contributed by atoms with Gasteiger partial charge in [0.15, 0.2) is 18.1 Å². The van der Waals surface area contributed by atoms with E-state index in [1.54, 1.807) is 24.3 Å². The van der Waals surface area contributed by atoms with Gasteiger partial charge in [-0.15, -0.1) is 0 Å². The summed E-state index contributed by atoms with van der Waals surface area (Å²) in [4.78, 5) is 35.0. The molecule has 0 heterocycles. The smallest absolute Gasteiger partial charge is 0.276 e. The van der Waals surface area contributed by atoms with Crippen LogP contribution in [0, 0.1) is 11.8 Å². The second-order valence-corrected chi connectivity index (χ2v) is 5.79. The van der Waals surface area contributed by atoms with Crippen LogP contribution in [0.5, 0.6) is 11.5 Å². The lowest BCUT2D eigenvalue weighted by Crippen LogP contribution is -2.50. The molecular weight excluding hydrogens is 328 g/mol. The van der Waals surface area contributed by atoms with Crippen molar-refractivity contribution in [2.45, 2.75) is 25.7 Å². The first-order valence-electron chi connectivity index (χ1n) is 8.08. The number of para-hydroxylation sites is 2. The molecule has 1 aliphatic rings. The number of hydrogen-bond acceptors (Lipinski definition) is 6. The minimum Gasteiger partial charge on any atom is -0.550 e. The Morgan fingerprint density at radius 3 is 2.36 bits per heavy atom. The molecule has 0 aliphatic heterocycles. The maximum Gasteiger partial charge on any atom is 0.276 e. The molecular formula is C17H21N2O6-. The van der Waals surface area contributed by atoms with Gasteiger partial charge < -0.3 is 19.4 Å². The zero-order chi connectivity index (χ0) is 18.2. The fraction of sp³-hybridized carbons (Fsp3) is 0.471. The van der Waals surface area contributed by atoms with Crippen LogP contribution in [0.3, 0.4) is 0 Å². The fourth-order valence-corrected chi connectivity index (χ4v) is 2.87. The topological polar surface area (TPSA) is 117 Å². The number of rotatable bonds is 6. The molecule has 8 nitrogen and oxygen atoms in total. The second-order valence-electron chi connectivity index (χ2n) is 5.79. The molecule has 2 atom stereocenters. The van der Waals surface area contributed by atoms with E-state index in [2.05, 4.69) is 10.9 Å². The number of carbonyl (C=O) groups is 3. The third kappa shape index (κ3) is 5.10. The molecule has 0 aromatic heterocycles. The number of carboxylic acids is 1. The Hall–Kier alpha value is -2.77. The molecule has 0 radical (unpaired) electrons. The molecule has 0 bridgehead atoms. The highest BCUT2D eigenvalue weighted by Gasteiger charge is 2.31. The fourth-order valence-electron chi connectivity index (χ4n) is 2.87. The summed E-state index contributed by atoms with van der Waals surface area (Å²) in [6, 6.07) is 6.85. The molecule has 8 heteroatoms. The van der Waals surface area contributed by atoms with Crippen molar-refractivity contribution >= 4 is 17.8 Å². The first kappa shape index (κ1) is 18.6. The summed E-state index contributed by atoms with van der Waals surface area (Å²) in [6.07, 6.45) is 2.39. The van der Waals surface area contributed by atoms with Crippen molar-refractivity contribution in [1.29, 1.82) is 0 Å². The zero-order valence-electron chi connectivity index (χ0n) is 13.9. The molecule has 1 aliphatic carbocycles. The Balaban J connectivity index is 1.81. The van der Waals surface area contributed by atoms with Crippen LogP contribution in [0.25, 0.3) is 0 Å². The highest BCUT2D eigenvalue weighted by atomic mass is 16.5. The average Bonchev–Trinajstić information content (AvgIpc) is 2.64. The van der Waals surface area contributed by atoms with Crippen LogP contribution < -0.4 is 25.4 Å². The molecule has 2 N–H and O–H groups in total. The van der Waals surface area contributed by atoms with Crippen molar-refractivity contribution in [3.05, 3.63) is 24.3 Å². The summed E-state index contributed by atoms with van der Waals surface area (Å²) in [7, 11) is 1.49. The van der Waals surface area contributed by atoms with Gasteiger partial charge in [-0.05, 0) is 25.0 Å². The van der Waals surface area contributed by atoms with E-state index in [1.165, 1.54) is 7.11 Å². The molecule has 1 fully saturated rings. The van der Waals surface area contributed by atoms with Crippen molar-refractivity contribution in [3.8, 4) is 11.5 Å². The molecule has 2 amide bonds. The van der Waals surface area contributed by atoms with Crippen LogP contribution in [0.2, 0.25) is 0 Å². The van der Waals surface area contributed by atoms with Gasteiger partial charge in [-0.1, -0.05) is 25.0 Å². The zero-order valence-corrected chi connectivity index (χ0v) is 13.9. The Bertz CT molecular complexity index is 633. The van der Waals surface area contributed by atoms with Gasteiger partial charge in [-0.25, -0.2) is 0 Å². The van der Waals surface area contributed by atoms with Gasteiger partial charge in [-0.2, -0.15) is 0 Å². The van der Waals surface area contributed by atoms with Crippen molar-refractivity contribution in [1.82, 2.24) is 10.9 Å². The molecule has 1 aromatic rings. The predicted octanol–water partition coefficient (Wildman–Crippen LogP) is -0.222. The van der Waals surface area contributed by atoms with E-state index in [4.69, 9.17) is 9.47 Å². The van der Waals surface area contributed by atoms with E-state index in [-0.39, 0.29) is 6.61 Å². The maximum absolute atomic E-state index is 12.1. The van der Waals surface area contributed by atoms with Gasteiger partial charge in [0.1, 0.15) is 0 Å². The predicted molar refractivity (Wildman–Crippen MR) is 85.2 cm³/mol. The molecule has 1 aromatic carbocycles. The third-order valence-electron chi connectivity index (χ3n) is 4.16. The minimum atomic E-state index is -1.23. The van der Waals surface area contributed by atoms with Gasteiger partial charge in [-0.3, -0.25) is 20.4 Å². The van der Waals surface area contributed by atoms with E-state index in [1.807, 2.05) is 0 Å². The number of carbonyl (C=O) groups excluding carboxylic acids is 3. The van der Waals surface area contributed by atoms with Gasteiger partial charge in [0.2, 0.25) is 5.91 Å². The van der Waals surface area contributed by atoms with Crippen LogP contribution in [0.4, 0.5) is 0 Å². The quantitative estimate of drug-likeness (QED) is 0.686. The summed E-state index contributed by atoms with van der Waals surface area (Å²) in [5, 5.41) is 11.1. The van der Waals surface area contributed by atoms with E-state index in [9.17, 15) is 19.5 Å². The summed E-state index contributed by atoms with van der Waals surface area (Å²) >= 11 is 0. The van der Waals surface area contributed by atoms with Gasteiger partial charge in [0.25, 0.3) is 5.91 Å². The summed E-state index contributed by atoms with van der Waals surface area (Å²) in [5.74, 6) is -2.97. The number of methoxy groups -OCH3 is 1. The largest absolute Gasteiger partial charge is 0.550 e. The molecule has 1 saturated carbocycles. The monoisotopic (exact) mass is 349 g/mol. The van der Waals surface area contributed by atoms with Crippen LogP contribution >= 0.6 is 0 Å². The maximum atomic E-state index is 12.1. The van der Waals surface area contributed by atoms with E-state index in [0.717, 1.165) is 12.8 Å².